The van der Waals surface area contributed by atoms with Gasteiger partial charge in [0.25, 0.3) is 0 Å². The monoisotopic (exact) mass is 236 g/mol. The van der Waals surface area contributed by atoms with Crippen molar-refractivity contribution in [1.82, 2.24) is 0 Å². The fourth-order valence-corrected chi connectivity index (χ4v) is 3.32. The van der Waals surface area contributed by atoms with E-state index in [0.29, 0.717) is 5.41 Å². The van der Waals surface area contributed by atoms with Crippen LogP contribution in [0, 0.1) is 0 Å². The van der Waals surface area contributed by atoms with Gasteiger partial charge in [0, 0.05) is 5.02 Å². The number of hydrogen-bond donors (Lipinski definition) is 0. The summed E-state index contributed by atoms with van der Waals surface area (Å²) >= 11 is 5.97. The van der Waals surface area contributed by atoms with Crippen molar-refractivity contribution in [3.8, 4) is 0 Å². The van der Waals surface area contributed by atoms with Crippen LogP contribution in [0.3, 0.4) is 0 Å². The van der Waals surface area contributed by atoms with Crippen LogP contribution in [0.2, 0.25) is 5.02 Å². The zero-order valence-electron chi connectivity index (χ0n) is 10.1. The minimum Gasteiger partial charge on any atom is -0.0843 e. The molecule has 0 amide bonds. The summed E-state index contributed by atoms with van der Waals surface area (Å²) in [5, 5.41) is 0.853. The van der Waals surface area contributed by atoms with Crippen molar-refractivity contribution in [1.29, 1.82) is 0 Å². The summed E-state index contributed by atoms with van der Waals surface area (Å²) in [5.74, 6) is 0. The standard InChI is InChI=1S/C15H21Cl/c1-2-10-15(11-4-3-5-12-15)13-6-8-14(16)9-7-13/h6-9H,2-5,10-12H2,1H3. The lowest BCUT2D eigenvalue weighted by atomic mass is 9.67. The predicted octanol–water partition coefficient (Wildman–Crippen LogP) is 5.34. The molecule has 0 aliphatic heterocycles. The first-order valence-corrected chi connectivity index (χ1v) is 6.91. The van der Waals surface area contributed by atoms with Crippen LogP contribution >= 0.6 is 11.6 Å². The van der Waals surface area contributed by atoms with Gasteiger partial charge < -0.3 is 0 Å². The van der Waals surface area contributed by atoms with Gasteiger partial charge in [-0.1, -0.05) is 56.3 Å². The van der Waals surface area contributed by atoms with Crippen LogP contribution in [0.1, 0.15) is 57.4 Å². The Morgan fingerprint density at radius 1 is 1.06 bits per heavy atom. The molecule has 1 heteroatoms. The average molecular weight is 237 g/mol. The van der Waals surface area contributed by atoms with E-state index in [1.165, 1.54) is 50.5 Å². The highest BCUT2D eigenvalue weighted by atomic mass is 35.5. The van der Waals surface area contributed by atoms with E-state index in [1.807, 2.05) is 12.1 Å². The lowest BCUT2D eigenvalue weighted by Gasteiger charge is -2.38. The fourth-order valence-electron chi connectivity index (χ4n) is 3.19. The van der Waals surface area contributed by atoms with E-state index < -0.39 is 0 Å². The van der Waals surface area contributed by atoms with Gasteiger partial charge in [0.05, 0.1) is 0 Å². The topological polar surface area (TPSA) is 0 Å². The Labute approximate surface area is 104 Å². The van der Waals surface area contributed by atoms with Gasteiger partial charge in [0.1, 0.15) is 0 Å². The molecule has 0 nitrogen and oxygen atoms in total. The lowest BCUT2D eigenvalue weighted by molar-refractivity contribution is 0.271. The van der Waals surface area contributed by atoms with Crippen molar-refractivity contribution in [2.45, 2.75) is 57.3 Å². The summed E-state index contributed by atoms with van der Waals surface area (Å²) in [6.45, 7) is 2.30. The van der Waals surface area contributed by atoms with Crippen molar-refractivity contribution >= 4 is 11.6 Å². The maximum absolute atomic E-state index is 5.97. The minimum atomic E-state index is 0.456. The summed E-state index contributed by atoms with van der Waals surface area (Å²) in [6.07, 6.45) is 9.53. The Hall–Kier alpha value is -0.490. The van der Waals surface area contributed by atoms with Crippen LogP contribution in [0.5, 0.6) is 0 Å². The number of hydrogen-bond acceptors (Lipinski definition) is 0. The molecular weight excluding hydrogens is 216 g/mol. The van der Waals surface area contributed by atoms with Gasteiger partial charge in [-0.05, 0) is 42.4 Å². The van der Waals surface area contributed by atoms with E-state index in [0.717, 1.165) is 5.02 Å². The van der Waals surface area contributed by atoms with Crippen LogP contribution in [-0.2, 0) is 5.41 Å². The van der Waals surface area contributed by atoms with Crippen LogP contribution in [-0.4, -0.2) is 0 Å². The van der Waals surface area contributed by atoms with Gasteiger partial charge in [-0.25, -0.2) is 0 Å². The maximum atomic E-state index is 5.97. The third kappa shape index (κ3) is 2.43. The molecule has 1 aliphatic rings. The highest BCUT2D eigenvalue weighted by Crippen LogP contribution is 2.43. The van der Waals surface area contributed by atoms with Gasteiger partial charge in [0.15, 0.2) is 0 Å². The molecule has 88 valence electrons. The predicted molar refractivity (Wildman–Crippen MR) is 71.1 cm³/mol. The molecule has 1 aromatic rings. The molecule has 0 unspecified atom stereocenters. The summed E-state index contributed by atoms with van der Waals surface area (Å²) < 4.78 is 0. The van der Waals surface area contributed by atoms with E-state index in [1.54, 1.807) is 0 Å². The fraction of sp³-hybridized carbons (Fsp3) is 0.600. The molecule has 16 heavy (non-hydrogen) atoms. The maximum Gasteiger partial charge on any atom is 0.0406 e. The van der Waals surface area contributed by atoms with E-state index in [4.69, 9.17) is 11.6 Å². The lowest BCUT2D eigenvalue weighted by Crippen LogP contribution is -2.28. The summed E-state index contributed by atoms with van der Waals surface area (Å²) in [7, 11) is 0. The highest BCUT2D eigenvalue weighted by Gasteiger charge is 2.32. The van der Waals surface area contributed by atoms with Gasteiger partial charge in [0.2, 0.25) is 0 Å². The van der Waals surface area contributed by atoms with Crippen LogP contribution in [0.4, 0.5) is 0 Å². The van der Waals surface area contributed by atoms with E-state index >= 15 is 0 Å². The Kier molecular flexibility index (Phi) is 3.91. The molecule has 0 heterocycles. The van der Waals surface area contributed by atoms with E-state index in [2.05, 4.69) is 19.1 Å². The third-order valence-corrected chi connectivity index (χ3v) is 4.25. The van der Waals surface area contributed by atoms with Crippen LogP contribution in [0.25, 0.3) is 0 Å². The van der Waals surface area contributed by atoms with E-state index in [-0.39, 0.29) is 0 Å². The highest BCUT2D eigenvalue weighted by molar-refractivity contribution is 6.30. The number of benzene rings is 1. The SMILES string of the molecule is CCCC1(c2ccc(Cl)cc2)CCCCC1. The molecule has 0 N–H and O–H groups in total. The minimum absolute atomic E-state index is 0.456. The molecule has 0 spiro atoms. The Bertz CT molecular complexity index is 314. The molecule has 2 rings (SSSR count). The molecule has 0 aromatic heterocycles. The zero-order chi connectivity index (χ0) is 11.4. The Balaban J connectivity index is 2.26. The first kappa shape index (κ1) is 12.0. The smallest absolute Gasteiger partial charge is 0.0406 e. The van der Waals surface area contributed by atoms with Crippen molar-refractivity contribution < 1.29 is 0 Å². The van der Waals surface area contributed by atoms with Crippen molar-refractivity contribution in [3.63, 3.8) is 0 Å². The Morgan fingerprint density at radius 2 is 1.69 bits per heavy atom. The number of halogens is 1. The molecule has 0 saturated heterocycles. The van der Waals surface area contributed by atoms with Crippen molar-refractivity contribution in [2.24, 2.45) is 0 Å². The normalized spacial score (nSPS) is 19.6. The van der Waals surface area contributed by atoms with Gasteiger partial charge in [-0.2, -0.15) is 0 Å². The summed E-state index contributed by atoms with van der Waals surface area (Å²) in [4.78, 5) is 0. The second kappa shape index (κ2) is 5.23. The largest absolute Gasteiger partial charge is 0.0843 e. The molecular formula is C15H21Cl. The first-order chi connectivity index (χ1) is 7.77. The van der Waals surface area contributed by atoms with Gasteiger partial charge in [-0.3, -0.25) is 0 Å². The zero-order valence-corrected chi connectivity index (χ0v) is 10.9. The van der Waals surface area contributed by atoms with Crippen molar-refractivity contribution in [3.05, 3.63) is 34.9 Å². The molecule has 0 atom stereocenters. The molecule has 1 fully saturated rings. The van der Waals surface area contributed by atoms with Crippen molar-refractivity contribution in [2.75, 3.05) is 0 Å². The van der Waals surface area contributed by atoms with Gasteiger partial charge >= 0.3 is 0 Å². The third-order valence-electron chi connectivity index (χ3n) is 4.00. The molecule has 1 aromatic carbocycles. The molecule has 0 radical (unpaired) electrons. The Morgan fingerprint density at radius 3 is 2.25 bits per heavy atom. The van der Waals surface area contributed by atoms with Crippen LogP contribution < -0.4 is 0 Å². The average Bonchev–Trinajstić information content (AvgIpc) is 2.31. The quantitative estimate of drug-likeness (QED) is 0.664. The number of rotatable bonds is 3. The van der Waals surface area contributed by atoms with Crippen LogP contribution in [0.15, 0.2) is 24.3 Å². The summed E-state index contributed by atoms with van der Waals surface area (Å²) in [6, 6.07) is 8.57. The second-order valence-corrected chi connectivity index (χ2v) is 5.53. The van der Waals surface area contributed by atoms with Gasteiger partial charge in [-0.15, -0.1) is 0 Å². The summed E-state index contributed by atoms with van der Waals surface area (Å²) in [5.41, 5.74) is 1.97. The second-order valence-electron chi connectivity index (χ2n) is 5.10. The molecule has 0 bridgehead atoms. The molecule has 1 saturated carbocycles. The first-order valence-electron chi connectivity index (χ1n) is 6.53. The molecule has 1 aliphatic carbocycles. The van der Waals surface area contributed by atoms with E-state index in [9.17, 15) is 0 Å².